The third-order valence-electron chi connectivity index (χ3n) is 3.80. The number of benzene rings is 1. The highest BCUT2D eigenvalue weighted by Gasteiger charge is 2.32. The van der Waals surface area contributed by atoms with E-state index in [2.05, 4.69) is 5.10 Å². The monoisotopic (exact) mass is 319 g/mol. The number of nitrogens with zero attached hydrogens (tertiary/aromatic N) is 3. The number of aliphatic hydroxyl groups is 1. The first-order valence-electron chi connectivity index (χ1n) is 7.28. The molecule has 6 heteroatoms. The summed E-state index contributed by atoms with van der Waals surface area (Å²) < 4.78 is 1.78. The van der Waals surface area contributed by atoms with E-state index in [1.165, 1.54) is 0 Å². The van der Waals surface area contributed by atoms with Crippen LogP contribution in [0.5, 0.6) is 0 Å². The first-order valence-corrected chi connectivity index (χ1v) is 7.66. The lowest BCUT2D eigenvalue weighted by molar-refractivity contribution is 0.00579. The smallest absolute Gasteiger partial charge is 0.257 e. The van der Waals surface area contributed by atoms with Gasteiger partial charge in [0.2, 0.25) is 0 Å². The number of halogens is 1. The van der Waals surface area contributed by atoms with Gasteiger partial charge >= 0.3 is 0 Å². The number of rotatable bonds is 3. The molecule has 1 aliphatic rings. The van der Waals surface area contributed by atoms with E-state index in [1.54, 1.807) is 27.9 Å². The Hall–Kier alpha value is -1.85. The predicted octanol–water partition coefficient (Wildman–Crippen LogP) is 2.47. The molecule has 116 valence electrons. The van der Waals surface area contributed by atoms with Gasteiger partial charge in [-0.2, -0.15) is 5.10 Å². The molecule has 1 fully saturated rings. The van der Waals surface area contributed by atoms with Crippen molar-refractivity contribution in [1.82, 2.24) is 14.7 Å². The number of hydrogen-bond acceptors (Lipinski definition) is 3. The summed E-state index contributed by atoms with van der Waals surface area (Å²) in [6, 6.07) is 7.36. The summed E-state index contributed by atoms with van der Waals surface area (Å²) in [6.45, 7) is 4.85. The Kier molecular flexibility index (Phi) is 3.93. The van der Waals surface area contributed by atoms with Gasteiger partial charge < -0.3 is 10.0 Å². The van der Waals surface area contributed by atoms with E-state index < -0.39 is 6.10 Å². The van der Waals surface area contributed by atoms with Crippen molar-refractivity contribution in [2.45, 2.75) is 25.9 Å². The average Bonchev–Trinajstić information content (AvgIpc) is 2.89. The van der Waals surface area contributed by atoms with E-state index in [1.807, 2.05) is 26.0 Å². The van der Waals surface area contributed by atoms with E-state index >= 15 is 0 Å². The minimum atomic E-state index is -0.405. The van der Waals surface area contributed by atoms with E-state index in [9.17, 15) is 9.90 Å². The standard InChI is InChI=1S/C16H18ClN3O2/c1-10(2)15-14(16(22)19-8-13(21)9-19)7-18-20(15)12-5-3-11(17)4-6-12/h3-7,10,13,21H,8-9H2,1-2H3. The number of amides is 1. The van der Waals surface area contributed by atoms with Crippen LogP contribution in [0.1, 0.15) is 35.8 Å². The fourth-order valence-electron chi connectivity index (χ4n) is 2.66. The first-order chi connectivity index (χ1) is 10.5. The van der Waals surface area contributed by atoms with Gasteiger partial charge in [0.05, 0.1) is 29.2 Å². The normalized spacial score (nSPS) is 15.2. The zero-order valence-electron chi connectivity index (χ0n) is 12.5. The molecule has 1 aliphatic heterocycles. The second-order valence-electron chi connectivity index (χ2n) is 5.85. The van der Waals surface area contributed by atoms with Gasteiger partial charge in [0.15, 0.2) is 0 Å². The van der Waals surface area contributed by atoms with Crippen molar-refractivity contribution >= 4 is 17.5 Å². The van der Waals surface area contributed by atoms with Crippen molar-refractivity contribution in [1.29, 1.82) is 0 Å². The van der Waals surface area contributed by atoms with Crippen LogP contribution in [0.4, 0.5) is 0 Å². The SMILES string of the molecule is CC(C)c1c(C(=O)N2CC(O)C2)cnn1-c1ccc(Cl)cc1. The average molecular weight is 320 g/mol. The van der Waals surface area contributed by atoms with Crippen molar-refractivity contribution in [2.24, 2.45) is 0 Å². The fourth-order valence-corrected chi connectivity index (χ4v) is 2.78. The molecule has 0 saturated carbocycles. The second-order valence-corrected chi connectivity index (χ2v) is 6.29. The van der Waals surface area contributed by atoms with Gasteiger partial charge in [-0.3, -0.25) is 4.79 Å². The van der Waals surface area contributed by atoms with Gasteiger partial charge in [-0.1, -0.05) is 25.4 Å². The summed E-state index contributed by atoms with van der Waals surface area (Å²) >= 11 is 5.92. The zero-order chi connectivity index (χ0) is 15.9. The lowest BCUT2D eigenvalue weighted by Gasteiger charge is -2.35. The first kappa shape index (κ1) is 15.1. The molecule has 3 rings (SSSR count). The molecule has 0 radical (unpaired) electrons. The molecule has 22 heavy (non-hydrogen) atoms. The lowest BCUT2D eigenvalue weighted by atomic mass is 10.0. The molecule has 0 bridgehead atoms. The van der Waals surface area contributed by atoms with Crippen LogP contribution in [0.3, 0.4) is 0 Å². The van der Waals surface area contributed by atoms with Crippen LogP contribution in [0, 0.1) is 0 Å². The van der Waals surface area contributed by atoms with Crippen molar-refractivity contribution in [3.05, 3.63) is 46.7 Å². The van der Waals surface area contributed by atoms with Crippen LogP contribution in [0.25, 0.3) is 5.69 Å². The molecule has 2 aromatic rings. The summed E-state index contributed by atoms with van der Waals surface area (Å²) in [5.74, 6) is 0.0672. The fraction of sp³-hybridized carbons (Fsp3) is 0.375. The maximum absolute atomic E-state index is 12.5. The molecule has 0 spiro atoms. The Morgan fingerprint density at radius 1 is 1.32 bits per heavy atom. The quantitative estimate of drug-likeness (QED) is 0.945. The van der Waals surface area contributed by atoms with Gasteiger partial charge in [-0.15, -0.1) is 0 Å². The number of hydrogen-bond donors (Lipinski definition) is 1. The Morgan fingerprint density at radius 3 is 2.50 bits per heavy atom. The lowest BCUT2D eigenvalue weighted by Crippen LogP contribution is -2.53. The third-order valence-corrected chi connectivity index (χ3v) is 4.06. The Labute approximate surface area is 134 Å². The number of β-amino-alcohol motifs (C(OH)–C–C–N with tert-alkyl or cyclic N) is 1. The van der Waals surface area contributed by atoms with Crippen molar-refractivity contribution < 1.29 is 9.90 Å². The Balaban J connectivity index is 1.98. The summed E-state index contributed by atoms with van der Waals surface area (Å²) in [4.78, 5) is 14.2. The van der Waals surface area contributed by atoms with Crippen molar-refractivity contribution in [3.8, 4) is 5.69 Å². The van der Waals surface area contributed by atoms with Gasteiger partial charge in [0, 0.05) is 18.1 Å². The molecule has 1 aromatic heterocycles. The molecule has 1 aromatic carbocycles. The van der Waals surface area contributed by atoms with E-state index in [4.69, 9.17) is 11.6 Å². The Bertz CT molecular complexity index is 688. The number of aromatic nitrogens is 2. The minimum absolute atomic E-state index is 0.0748. The Morgan fingerprint density at radius 2 is 1.95 bits per heavy atom. The highest BCUT2D eigenvalue weighted by atomic mass is 35.5. The summed E-state index contributed by atoms with van der Waals surface area (Å²) in [5, 5.41) is 14.4. The largest absolute Gasteiger partial charge is 0.389 e. The van der Waals surface area contributed by atoms with Crippen LogP contribution in [0.2, 0.25) is 5.02 Å². The van der Waals surface area contributed by atoms with Gasteiger partial charge in [0.1, 0.15) is 0 Å². The van der Waals surface area contributed by atoms with E-state index in [-0.39, 0.29) is 11.8 Å². The number of likely N-dealkylation sites (tertiary alicyclic amines) is 1. The molecular weight excluding hydrogens is 302 g/mol. The third kappa shape index (κ3) is 2.62. The molecule has 0 aliphatic carbocycles. The molecule has 2 heterocycles. The summed E-state index contributed by atoms with van der Waals surface area (Å²) in [5.41, 5.74) is 2.33. The number of carbonyl (C=O) groups is 1. The number of carbonyl (C=O) groups excluding carboxylic acids is 1. The second kappa shape index (κ2) is 5.74. The summed E-state index contributed by atoms with van der Waals surface area (Å²) in [7, 11) is 0. The van der Waals surface area contributed by atoms with Crippen LogP contribution in [0.15, 0.2) is 30.5 Å². The maximum atomic E-state index is 12.5. The molecule has 0 atom stereocenters. The molecule has 1 N–H and O–H groups in total. The van der Waals surface area contributed by atoms with Crippen molar-refractivity contribution in [3.63, 3.8) is 0 Å². The van der Waals surface area contributed by atoms with Crippen molar-refractivity contribution in [2.75, 3.05) is 13.1 Å². The van der Waals surface area contributed by atoms with Gasteiger partial charge in [-0.25, -0.2) is 4.68 Å². The van der Waals surface area contributed by atoms with Gasteiger partial charge in [0.25, 0.3) is 5.91 Å². The molecule has 5 nitrogen and oxygen atoms in total. The summed E-state index contributed by atoms with van der Waals surface area (Å²) in [6.07, 6.45) is 1.20. The minimum Gasteiger partial charge on any atom is -0.389 e. The topological polar surface area (TPSA) is 58.4 Å². The molecule has 1 saturated heterocycles. The predicted molar refractivity (Wildman–Crippen MR) is 84.6 cm³/mol. The van der Waals surface area contributed by atoms with Crippen LogP contribution >= 0.6 is 11.6 Å². The van der Waals surface area contributed by atoms with E-state index in [0.29, 0.717) is 23.7 Å². The van der Waals surface area contributed by atoms with Crippen LogP contribution in [-0.2, 0) is 0 Å². The molecule has 0 unspecified atom stereocenters. The van der Waals surface area contributed by atoms with Gasteiger partial charge in [-0.05, 0) is 30.2 Å². The molecular formula is C16H18ClN3O2. The highest BCUT2D eigenvalue weighted by molar-refractivity contribution is 6.30. The maximum Gasteiger partial charge on any atom is 0.257 e. The highest BCUT2D eigenvalue weighted by Crippen LogP contribution is 2.26. The van der Waals surface area contributed by atoms with E-state index in [0.717, 1.165) is 11.4 Å². The van der Waals surface area contributed by atoms with Crippen LogP contribution < -0.4 is 0 Å². The number of aliphatic hydroxyl groups excluding tert-OH is 1. The molecule has 1 amide bonds. The zero-order valence-corrected chi connectivity index (χ0v) is 13.3. The van der Waals surface area contributed by atoms with Crippen LogP contribution in [-0.4, -0.2) is 44.9 Å².